The van der Waals surface area contributed by atoms with Crippen LogP contribution in [0.4, 0.5) is 24.7 Å². The summed E-state index contributed by atoms with van der Waals surface area (Å²) in [5, 5.41) is 4.84. The molecule has 1 aromatic heterocycles. The van der Waals surface area contributed by atoms with Gasteiger partial charge in [0.05, 0.1) is 10.7 Å². The third kappa shape index (κ3) is 3.08. The SMILES string of the molecule is CNc1ccc(Cl)c(C(=O)Nc2ccc(F)c(F)c2F)n1. The van der Waals surface area contributed by atoms with E-state index in [1.54, 1.807) is 7.05 Å². The second-order valence-electron chi connectivity index (χ2n) is 3.95. The second kappa shape index (κ2) is 6.01. The Kier molecular flexibility index (Phi) is 4.32. The number of aromatic nitrogens is 1. The topological polar surface area (TPSA) is 54.0 Å². The summed E-state index contributed by atoms with van der Waals surface area (Å²) in [5.41, 5.74) is -0.681. The molecule has 1 heterocycles. The van der Waals surface area contributed by atoms with Crippen molar-refractivity contribution in [3.8, 4) is 0 Å². The van der Waals surface area contributed by atoms with Gasteiger partial charge in [-0.2, -0.15) is 0 Å². The fourth-order valence-corrected chi connectivity index (χ4v) is 1.74. The normalized spacial score (nSPS) is 10.3. The van der Waals surface area contributed by atoms with E-state index in [1.165, 1.54) is 12.1 Å². The molecule has 0 aliphatic rings. The lowest BCUT2D eigenvalue weighted by atomic mass is 10.2. The molecule has 0 radical (unpaired) electrons. The van der Waals surface area contributed by atoms with E-state index in [-0.39, 0.29) is 10.7 Å². The summed E-state index contributed by atoms with van der Waals surface area (Å²) in [6.07, 6.45) is 0. The van der Waals surface area contributed by atoms with Crippen LogP contribution in [0.2, 0.25) is 5.02 Å². The van der Waals surface area contributed by atoms with Crippen molar-refractivity contribution in [3.63, 3.8) is 0 Å². The molecule has 0 fully saturated rings. The van der Waals surface area contributed by atoms with Crippen LogP contribution in [0, 0.1) is 17.5 Å². The average molecular weight is 316 g/mol. The maximum atomic E-state index is 13.5. The molecule has 0 saturated heterocycles. The zero-order valence-corrected chi connectivity index (χ0v) is 11.4. The van der Waals surface area contributed by atoms with E-state index in [2.05, 4.69) is 15.6 Å². The number of rotatable bonds is 3. The Morgan fingerprint density at radius 3 is 2.52 bits per heavy atom. The minimum atomic E-state index is -1.67. The van der Waals surface area contributed by atoms with Gasteiger partial charge in [0.2, 0.25) is 0 Å². The van der Waals surface area contributed by atoms with E-state index in [4.69, 9.17) is 11.6 Å². The van der Waals surface area contributed by atoms with Crippen molar-refractivity contribution in [2.75, 3.05) is 17.7 Å². The van der Waals surface area contributed by atoms with Gasteiger partial charge < -0.3 is 10.6 Å². The standard InChI is InChI=1S/C13H9ClF3N3O/c1-18-9-5-2-6(14)12(20-9)13(21)19-8-4-3-7(15)10(16)11(8)17/h2-5H,1H3,(H,18,20)(H,19,21). The molecule has 0 atom stereocenters. The molecule has 2 rings (SSSR count). The molecule has 1 aromatic carbocycles. The Bertz CT molecular complexity index is 709. The molecule has 0 aliphatic heterocycles. The third-order valence-corrected chi connectivity index (χ3v) is 2.91. The third-order valence-electron chi connectivity index (χ3n) is 2.60. The largest absolute Gasteiger partial charge is 0.373 e. The minimum Gasteiger partial charge on any atom is -0.373 e. The van der Waals surface area contributed by atoms with Crippen LogP contribution in [-0.4, -0.2) is 17.9 Å². The summed E-state index contributed by atoms with van der Waals surface area (Å²) < 4.78 is 39.4. The second-order valence-corrected chi connectivity index (χ2v) is 4.36. The van der Waals surface area contributed by atoms with Crippen molar-refractivity contribution in [3.05, 3.63) is 52.4 Å². The highest BCUT2D eigenvalue weighted by Gasteiger charge is 2.18. The molecule has 0 saturated carbocycles. The van der Waals surface area contributed by atoms with Crippen LogP contribution in [0.1, 0.15) is 10.5 Å². The number of carbonyl (C=O) groups excluding carboxylic acids is 1. The predicted octanol–water partition coefficient (Wildman–Crippen LogP) is 3.45. The molecule has 21 heavy (non-hydrogen) atoms. The van der Waals surface area contributed by atoms with Crippen LogP contribution in [-0.2, 0) is 0 Å². The van der Waals surface area contributed by atoms with Gasteiger partial charge in [0, 0.05) is 7.05 Å². The van der Waals surface area contributed by atoms with Crippen LogP contribution in [0.25, 0.3) is 0 Å². The van der Waals surface area contributed by atoms with E-state index in [0.29, 0.717) is 11.9 Å². The summed E-state index contributed by atoms with van der Waals surface area (Å²) in [5.74, 6) is -4.99. The molecule has 1 amide bonds. The van der Waals surface area contributed by atoms with Crippen LogP contribution < -0.4 is 10.6 Å². The lowest BCUT2D eigenvalue weighted by molar-refractivity contribution is 0.102. The molecule has 0 aliphatic carbocycles. The Morgan fingerprint density at radius 2 is 1.86 bits per heavy atom. The number of amides is 1. The van der Waals surface area contributed by atoms with Crippen molar-refractivity contribution in [2.45, 2.75) is 0 Å². The molecule has 2 N–H and O–H groups in total. The summed E-state index contributed by atoms with van der Waals surface area (Å²) in [6, 6.07) is 4.57. The van der Waals surface area contributed by atoms with Crippen molar-refractivity contribution in [1.29, 1.82) is 0 Å². The van der Waals surface area contributed by atoms with Gasteiger partial charge in [-0.25, -0.2) is 18.2 Å². The van der Waals surface area contributed by atoms with Gasteiger partial charge in [-0.3, -0.25) is 4.79 Å². The number of benzene rings is 1. The molecule has 4 nitrogen and oxygen atoms in total. The first kappa shape index (κ1) is 15.1. The summed E-state index contributed by atoms with van der Waals surface area (Å²) >= 11 is 5.83. The highest BCUT2D eigenvalue weighted by Crippen LogP contribution is 2.22. The van der Waals surface area contributed by atoms with Crippen molar-refractivity contribution in [1.82, 2.24) is 4.98 Å². The van der Waals surface area contributed by atoms with E-state index < -0.39 is 29.0 Å². The van der Waals surface area contributed by atoms with Gasteiger partial charge in [0.1, 0.15) is 11.5 Å². The summed E-state index contributed by atoms with van der Waals surface area (Å²) in [6.45, 7) is 0. The zero-order valence-electron chi connectivity index (χ0n) is 10.7. The summed E-state index contributed by atoms with van der Waals surface area (Å²) in [7, 11) is 1.59. The molecular formula is C13H9ClF3N3O. The molecule has 110 valence electrons. The van der Waals surface area contributed by atoms with Gasteiger partial charge in [-0.05, 0) is 24.3 Å². The quantitative estimate of drug-likeness (QED) is 0.853. The first-order valence-electron chi connectivity index (χ1n) is 5.73. The Morgan fingerprint density at radius 1 is 1.14 bits per heavy atom. The number of hydrogen-bond donors (Lipinski definition) is 2. The Hall–Kier alpha value is -2.28. The van der Waals surface area contributed by atoms with Gasteiger partial charge in [-0.1, -0.05) is 11.6 Å². The Balaban J connectivity index is 2.32. The van der Waals surface area contributed by atoms with Crippen LogP contribution >= 0.6 is 11.6 Å². The predicted molar refractivity (Wildman–Crippen MR) is 73.1 cm³/mol. The summed E-state index contributed by atoms with van der Waals surface area (Å²) in [4.78, 5) is 15.9. The molecule has 8 heteroatoms. The molecule has 0 unspecified atom stereocenters. The maximum absolute atomic E-state index is 13.5. The average Bonchev–Trinajstić information content (AvgIpc) is 2.48. The molecule has 0 bridgehead atoms. The molecule has 0 spiro atoms. The maximum Gasteiger partial charge on any atom is 0.275 e. The lowest BCUT2D eigenvalue weighted by Gasteiger charge is -2.09. The molecule has 2 aromatic rings. The van der Waals surface area contributed by atoms with Gasteiger partial charge >= 0.3 is 0 Å². The number of halogens is 4. The first-order chi connectivity index (χ1) is 9.93. The number of carbonyl (C=O) groups is 1. The number of hydrogen-bond acceptors (Lipinski definition) is 3. The van der Waals surface area contributed by atoms with Crippen LogP contribution in [0.5, 0.6) is 0 Å². The number of nitrogens with zero attached hydrogens (tertiary/aromatic N) is 1. The minimum absolute atomic E-state index is 0.0366. The zero-order chi connectivity index (χ0) is 15.6. The van der Waals surface area contributed by atoms with Gasteiger partial charge in [0.15, 0.2) is 17.5 Å². The van der Waals surface area contributed by atoms with Crippen LogP contribution in [0.3, 0.4) is 0 Å². The Labute approximate surface area is 122 Å². The number of nitrogens with one attached hydrogen (secondary N) is 2. The number of anilines is 2. The van der Waals surface area contributed by atoms with Crippen LogP contribution in [0.15, 0.2) is 24.3 Å². The number of pyridine rings is 1. The molecular weight excluding hydrogens is 307 g/mol. The van der Waals surface area contributed by atoms with Crippen molar-refractivity contribution in [2.24, 2.45) is 0 Å². The van der Waals surface area contributed by atoms with E-state index in [9.17, 15) is 18.0 Å². The van der Waals surface area contributed by atoms with Crippen molar-refractivity contribution >= 4 is 29.0 Å². The van der Waals surface area contributed by atoms with Crippen molar-refractivity contribution < 1.29 is 18.0 Å². The highest BCUT2D eigenvalue weighted by molar-refractivity contribution is 6.34. The van der Waals surface area contributed by atoms with E-state index in [1.807, 2.05) is 0 Å². The smallest absolute Gasteiger partial charge is 0.275 e. The van der Waals surface area contributed by atoms with E-state index >= 15 is 0 Å². The fourth-order valence-electron chi connectivity index (χ4n) is 1.54. The van der Waals surface area contributed by atoms with Gasteiger partial charge in [0.25, 0.3) is 5.91 Å². The van der Waals surface area contributed by atoms with E-state index in [0.717, 1.165) is 6.07 Å². The lowest BCUT2D eigenvalue weighted by Crippen LogP contribution is -2.16. The van der Waals surface area contributed by atoms with Gasteiger partial charge in [-0.15, -0.1) is 0 Å². The monoisotopic (exact) mass is 315 g/mol. The first-order valence-corrected chi connectivity index (χ1v) is 6.11. The fraction of sp³-hybridized carbons (Fsp3) is 0.0769. The highest BCUT2D eigenvalue weighted by atomic mass is 35.5.